The zero-order valence-electron chi connectivity index (χ0n) is 13.5. The van der Waals surface area contributed by atoms with Crippen molar-refractivity contribution in [3.8, 4) is 11.1 Å². The first kappa shape index (κ1) is 16.0. The number of aromatic nitrogens is 3. The molecule has 3 aromatic heterocycles. The zero-order valence-corrected chi connectivity index (χ0v) is 15.0. The molecule has 6 heteroatoms. The highest BCUT2D eigenvalue weighted by molar-refractivity contribution is 7.98. The second-order valence-electron chi connectivity index (χ2n) is 5.52. The number of nitrogens with one attached hydrogen (secondary N) is 2. The molecule has 0 spiro atoms. The third-order valence-corrected chi connectivity index (χ3v) is 4.86. The first-order valence-corrected chi connectivity index (χ1v) is 9.34. The molecule has 0 radical (unpaired) electrons. The van der Waals surface area contributed by atoms with Crippen LogP contribution >= 0.6 is 23.4 Å². The van der Waals surface area contributed by atoms with E-state index in [0.717, 1.165) is 27.8 Å². The third kappa shape index (κ3) is 3.34. The van der Waals surface area contributed by atoms with Crippen LogP contribution in [-0.4, -0.2) is 21.2 Å². The number of anilines is 2. The van der Waals surface area contributed by atoms with Gasteiger partial charge in [-0.05, 0) is 60.4 Å². The summed E-state index contributed by atoms with van der Waals surface area (Å²) >= 11 is 7.97. The van der Waals surface area contributed by atoms with Crippen LogP contribution in [0.15, 0.2) is 65.8 Å². The van der Waals surface area contributed by atoms with Crippen molar-refractivity contribution in [1.29, 1.82) is 0 Å². The summed E-state index contributed by atoms with van der Waals surface area (Å²) in [4.78, 5) is 13.1. The molecule has 0 aliphatic carbocycles. The lowest BCUT2D eigenvalue weighted by Gasteiger charge is -2.09. The monoisotopic (exact) mass is 366 g/mol. The lowest BCUT2D eigenvalue weighted by molar-refractivity contribution is 1.30. The van der Waals surface area contributed by atoms with Crippen LogP contribution < -0.4 is 5.32 Å². The van der Waals surface area contributed by atoms with Crippen LogP contribution in [0.25, 0.3) is 22.2 Å². The normalized spacial score (nSPS) is 11.0. The van der Waals surface area contributed by atoms with Gasteiger partial charge in [-0.15, -0.1) is 11.8 Å². The maximum Gasteiger partial charge on any atom is 0.137 e. The lowest BCUT2D eigenvalue weighted by atomic mass is 10.1. The molecule has 0 saturated heterocycles. The van der Waals surface area contributed by atoms with E-state index in [9.17, 15) is 0 Å². The van der Waals surface area contributed by atoms with Crippen molar-refractivity contribution in [3.63, 3.8) is 0 Å². The molecule has 0 amide bonds. The molecule has 4 rings (SSSR count). The number of nitrogens with zero attached hydrogens (tertiary/aromatic N) is 2. The SMILES string of the molecule is CSc1ccc(Nc2cc(-c3c[nH]c4ncccc34)cc(Cl)n2)cc1. The molecule has 1 aromatic carbocycles. The van der Waals surface area contributed by atoms with Gasteiger partial charge in [0.15, 0.2) is 0 Å². The topological polar surface area (TPSA) is 53.6 Å². The van der Waals surface area contributed by atoms with Gasteiger partial charge in [-0.25, -0.2) is 9.97 Å². The van der Waals surface area contributed by atoms with E-state index in [-0.39, 0.29) is 0 Å². The summed E-state index contributed by atoms with van der Waals surface area (Å²) in [5.41, 5.74) is 3.86. The molecule has 0 bridgehead atoms. The quantitative estimate of drug-likeness (QED) is 0.357. The molecule has 0 atom stereocenters. The maximum absolute atomic E-state index is 6.25. The van der Waals surface area contributed by atoms with Gasteiger partial charge in [0.25, 0.3) is 0 Å². The Morgan fingerprint density at radius 1 is 1.12 bits per heavy atom. The molecular weight excluding hydrogens is 352 g/mol. The predicted molar refractivity (Wildman–Crippen MR) is 106 cm³/mol. The van der Waals surface area contributed by atoms with E-state index < -0.39 is 0 Å². The number of rotatable bonds is 4. The Morgan fingerprint density at radius 3 is 2.76 bits per heavy atom. The van der Waals surface area contributed by atoms with Gasteiger partial charge in [0.2, 0.25) is 0 Å². The van der Waals surface area contributed by atoms with Crippen molar-refractivity contribution in [3.05, 3.63) is 66.1 Å². The number of benzene rings is 1. The van der Waals surface area contributed by atoms with Crippen LogP contribution in [0.4, 0.5) is 11.5 Å². The van der Waals surface area contributed by atoms with Crippen molar-refractivity contribution < 1.29 is 0 Å². The van der Waals surface area contributed by atoms with Gasteiger partial charge in [0, 0.05) is 33.9 Å². The Morgan fingerprint density at radius 2 is 1.96 bits per heavy atom. The number of hydrogen-bond donors (Lipinski definition) is 2. The fourth-order valence-corrected chi connectivity index (χ4v) is 3.35. The molecule has 0 fully saturated rings. The van der Waals surface area contributed by atoms with E-state index in [1.807, 2.05) is 42.6 Å². The smallest absolute Gasteiger partial charge is 0.137 e. The van der Waals surface area contributed by atoms with Crippen LogP contribution in [0, 0.1) is 0 Å². The van der Waals surface area contributed by atoms with Gasteiger partial charge in [-0.1, -0.05) is 11.6 Å². The van der Waals surface area contributed by atoms with Crippen LogP contribution in [0.1, 0.15) is 0 Å². The standard InChI is InChI=1S/C19H15ClN4S/c1-25-14-6-4-13(5-7-14)23-18-10-12(9-17(20)24-18)16-11-22-19-15(16)3-2-8-21-19/h2-11H,1H3,(H,21,22)(H,23,24). The van der Waals surface area contributed by atoms with E-state index in [1.54, 1.807) is 18.0 Å². The number of thioether (sulfide) groups is 1. The second kappa shape index (κ2) is 6.78. The molecule has 124 valence electrons. The zero-order chi connectivity index (χ0) is 17.2. The summed E-state index contributed by atoms with van der Waals surface area (Å²) in [7, 11) is 0. The first-order chi connectivity index (χ1) is 12.2. The van der Waals surface area contributed by atoms with Crippen molar-refractivity contribution in [2.45, 2.75) is 4.90 Å². The molecule has 0 aliphatic heterocycles. The fraction of sp³-hybridized carbons (Fsp3) is 0.0526. The summed E-state index contributed by atoms with van der Waals surface area (Å²) in [6, 6.07) is 16.0. The number of fused-ring (bicyclic) bond motifs is 1. The van der Waals surface area contributed by atoms with Gasteiger partial charge in [0.1, 0.15) is 16.6 Å². The van der Waals surface area contributed by atoms with E-state index in [1.165, 1.54) is 4.90 Å². The van der Waals surface area contributed by atoms with E-state index >= 15 is 0 Å². The van der Waals surface area contributed by atoms with Gasteiger partial charge >= 0.3 is 0 Å². The largest absolute Gasteiger partial charge is 0.346 e. The van der Waals surface area contributed by atoms with E-state index in [4.69, 9.17) is 11.6 Å². The minimum absolute atomic E-state index is 0.443. The molecule has 25 heavy (non-hydrogen) atoms. The van der Waals surface area contributed by atoms with Crippen LogP contribution in [0.3, 0.4) is 0 Å². The first-order valence-electron chi connectivity index (χ1n) is 7.74. The van der Waals surface area contributed by atoms with Gasteiger partial charge in [-0.3, -0.25) is 0 Å². The van der Waals surface area contributed by atoms with Crippen molar-refractivity contribution in [1.82, 2.24) is 15.0 Å². The number of H-pyrrole nitrogens is 1. The maximum atomic E-state index is 6.25. The summed E-state index contributed by atoms with van der Waals surface area (Å²) < 4.78 is 0. The van der Waals surface area contributed by atoms with Gasteiger partial charge in [-0.2, -0.15) is 0 Å². The van der Waals surface area contributed by atoms with Crippen LogP contribution in [0.5, 0.6) is 0 Å². The highest BCUT2D eigenvalue weighted by Gasteiger charge is 2.09. The average molecular weight is 367 g/mol. The molecule has 0 aliphatic rings. The molecular formula is C19H15ClN4S. The third-order valence-electron chi connectivity index (χ3n) is 3.92. The minimum atomic E-state index is 0.443. The lowest BCUT2D eigenvalue weighted by Crippen LogP contribution is -1.94. The average Bonchev–Trinajstić information content (AvgIpc) is 3.06. The van der Waals surface area contributed by atoms with Crippen molar-refractivity contribution in [2.75, 3.05) is 11.6 Å². The Hall–Kier alpha value is -2.50. The van der Waals surface area contributed by atoms with Crippen molar-refractivity contribution in [2.24, 2.45) is 0 Å². The molecule has 0 saturated carbocycles. The Bertz CT molecular complexity index is 1030. The predicted octanol–water partition coefficient (Wildman–Crippen LogP) is 5.74. The second-order valence-corrected chi connectivity index (χ2v) is 6.79. The molecule has 3 heterocycles. The highest BCUT2D eigenvalue weighted by Crippen LogP contribution is 2.31. The summed E-state index contributed by atoms with van der Waals surface area (Å²) in [6.45, 7) is 0. The summed E-state index contributed by atoms with van der Waals surface area (Å²) in [5.74, 6) is 0.706. The minimum Gasteiger partial charge on any atom is -0.346 e. The number of hydrogen-bond acceptors (Lipinski definition) is 4. The Labute approximate surface area is 154 Å². The van der Waals surface area contributed by atoms with Gasteiger partial charge < -0.3 is 10.3 Å². The molecule has 2 N–H and O–H groups in total. The van der Waals surface area contributed by atoms with E-state index in [0.29, 0.717) is 11.0 Å². The van der Waals surface area contributed by atoms with Gasteiger partial charge in [0.05, 0.1) is 0 Å². The Balaban J connectivity index is 1.70. The molecule has 0 unspecified atom stereocenters. The number of pyridine rings is 2. The van der Waals surface area contributed by atoms with E-state index in [2.05, 4.69) is 38.7 Å². The van der Waals surface area contributed by atoms with Crippen molar-refractivity contribution >= 4 is 45.9 Å². The number of aromatic amines is 1. The fourth-order valence-electron chi connectivity index (χ4n) is 2.73. The molecule has 4 nitrogen and oxygen atoms in total. The van der Waals surface area contributed by atoms with Crippen LogP contribution in [0.2, 0.25) is 5.15 Å². The summed E-state index contributed by atoms with van der Waals surface area (Å²) in [6.07, 6.45) is 5.77. The van der Waals surface area contributed by atoms with Crippen LogP contribution in [-0.2, 0) is 0 Å². The molecule has 4 aromatic rings. The number of halogens is 1. The highest BCUT2D eigenvalue weighted by atomic mass is 35.5. The summed E-state index contributed by atoms with van der Waals surface area (Å²) in [5, 5.41) is 4.81. The Kier molecular flexibility index (Phi) is 4.34.